The fourth-order valence-corrected chi connectivity index (χ4v) is 5.38. The van der Waals surface area contributed by atoms with Crippen LogP contribution in [0.15, 0.2) is 47.4 Å². The van der Waals surface area contributed by atoms with Gasteiger partial charge in [-0.05, 0) is 66.5 Å². The Morgan fingerprint density at radius 2 is 1.78 bits per heavy atom. The maximum absolute atomic E-state index is 12.0. The summed E-state index contributed by atoms with van der Waals surface area (Å²) < 4.78 is 23.9. The zero-order chi connectivity index (χ0) is 18.5. The number of benzene rings is 2. The van der Waals surface area contributed by atoms with Crippen molar-refractivity contribution in [3.05, 3.63) is 59.2 Å². The van der Waals surface area contributed by atoms with Crippen molar-refractivity contribution >= 4 is 15.5 Å². The first kappa shape index (κ1) is 19.9. The average molecular weight is 387 g/mol. The van der Waals surface area contributed by atoms with Gasteiger partial charge < -0.3 is 10.6 Å². The highest BCUT2D eigenvalue weighted by Gasteiger charge is 2.45. The van der Waals surface area contributed by atoms with Crippen LogP contribution in [-0.4, -0.2) is 27.8 Å². The van der Waals surface area contributed by atoms with E-state index in [2.05, 4.69) is 35.2 Å². The summed E-state index contributed by atoms with van der Waals surface area (Å²) in [5.41, 5.74) is 11.5. The highest BCUT2D eigenvalue weighted by Crippen LogP contribution is 2.51. The number of sulfone groups is 1. The molecule has 1 spiro atoms. The summed E-state index contributed by atoms with van der Waals surface area (Å²) in [7, 11) is -3.20. The first-order valence-corrected chi connectivity index (χ1v) is 11.1. The van der Waals surface area contributed by atoms with Gasteiger partial charge in [0.2, 0.25) is 0 Å². The minimum Gasteiger partial charge on any atom is -0.371 e. The molecule has 0 radical (unpaired) electrons. The van der Waals surface area contributed by atoms with Gasteiger partial charge in [-0.25, -0.2) is 8.42 Å². The van der Waals surface area contributed by atoms with Gasteiger partial charge in [0.25, 0.3) is 0 Å². The zero-order valence-electron chi connectivity index (χ0n) is 15.4. The van der Waals surface area contributed by atoms with Gasteiger partial charge in [0.1, 0.15) is 0 Å². The lowest BCUT2D eigenvalue weighted by atomic mass is 9.73. The van der Waals surface area contributed by atoms with E-state index in [1.54, 1.807) is 6.07 Å². The van der Waals surface area contributed by atoms with Gasteiger partial charge in [-0.1, -0.05) is 31.7 Å². The second-order valence-electron chi connectivity index (χ2n) is 7.98. The smallest absolute Gasteiger partial charge is 0.175 e. The van der Waals surface area contributed by atoms with Crippen LogP contribution in [0.3, 0.4) is 0 Å². The second-order valence-corrected chi connectivity index (χ2v) is 9.99. The van der Waals surface area contributed by atoms with Crippen LogP contribution in [0.1, 0.15) is 43.0 Å². The lowest BCUT2D eigenvalue weighted by Gasteiger charge is -2.43. The molecule has 2 aromatic rings. The zero-order valence-corrected chi connectivity index (χ0v) is 16.2. The highest BCUT2D eigenvalue weighted by atomic mass is 32.2. The quantitative estimate of drug-likeness (QED) is 0.851. The number of aryl methyl sites for hydroxylation is 1. The Balaban J connectivity index is 0.00000210. The van der Waals surface area contributed by atoms with Gasteiger partial charge >= 0.3 is 0 Å². The van der Waals surface area contributed by atoms with E-state index in [0.29, 0.717) is 4.90 Å². The van der Waals surface area contributed by atoms with E-state index < -0.39 is 9.84 Å². The molecule has 0 aromatic heterocycles. The van der Waals surface area contributed by atoms with Crippen molar-refractivity contribution in [1.29, 1.82) is 0 Å². The van der Waals surface area contributed by atoms with Gasteiger partial charge in [-0.15, -0.1) is 0 Å². The molecule has 0 saturated carbocycles. The van der Waals surface area contributed by atoms with E-state index in [9.17, 15) is 8.42 Å². The van der Waals surface area contributed by atoms with Crippen molar-refractivity contribution in [3.8, 4) is 0 Å². The van der Waals surface area contributed by atoms with Crippen LogP contribution in [0.25, 0.3) is 0 Å². The fraction of sp³-hybridized carbons (Fsp3) is 0.455. The van der Waals surface area contributed by atoms with Crippen LogP contribution in [0.4, 0.5) is 5.69 Å². The monoisotopic (exact) mass is 386 g/mol. The third-order valence-electron chi connectivity index (χ3n) is 6.18. The first-order valence-electron chi connectivity index (χ1n) is 9.19. The van der Waals surface area contributed by atoms with E-state index in [-0.39, 0.29) is 18.9 Å². The predicted molar refractivity (Wildman–Crippen MR) is 112 cm³/mol. The molecule has 0 amide bonds. The van der Waals surface area contributed by atoms with Crippen LogP contribution in [0, 0.1) is 12.3 Å². The third-order valence-corrected chi connectivity index (χ3v) is 7.27. The molecule has 1 aliphatic carbocycles. The van der Waals surface area contributed by atoms with Crippen molar-refractivity contribution in [1.82, 2.24) is 0 Å². The van der Waals surface area contributed by atoms with Crippen molar-refractivity contribution < 1.29 is 8.42 Å². The van der Waals surface area contributed by atoms with Crippen molar-refractivity contribution in [3.63, 3.8) is 0 Å². The molecular weight excluding hydrogens is 356 g/mol. The molecular formula is C22H30N2O2S. The molecule has 5 heteroatoms. The summed E-state index contributed by atoms with van der Waals surface area (Å²) in [5, 5.41) is 0. The normalized spacial score (nSPS) is 21.0. The summed E-state index contributed by atoms with van der Waals surface area (Å²) in [4.78, 5) is 2.71. The molecule has 0 unspecified atom stereocenters. The van der Waals surface area contributed by atoms with Crippen molar-refractivity contribution in [2.75, 3.05) is 24.2 Å². The van der Waals surface area contributed by atoms with Crippen molar-refractivity contribution in [2.24, 2.45) is 11.1 Å². The Morgan fingerprint density at radius 1 is 1.11 bits per heavy atom. The molecule has 2 aromatic carbocycles. The number of rotatable bonds is 2. The number of nitrogens with zero attached hydrogens (tertiary/aromatic N) is 1. The lowest BCUT2D eigenvalue weighted by Crippen LogP contribution is -2.44. The molecule has 2 aliphatic rings. The van der Waals surface area contributed by atoms with Gasteiger partial charge in [0, 0.05) is 31.1 Å². The SMILES string of the molecule is C.Cc1cc(N2CCC3(CC2)Cc2ccccc2[C@H]3N)cc(S(C)(=O)=O)c1. The summed E-state index contributed by atoms with van der Waals surface area (Å²) in [6, 6.07) is 14.3. The van der Waals surface area contributed by atoms with Gasteiger partial charge in [-0.3, -0.25) is 0 Å². The minimum absolute atomic E-state index is 0. The number of hydrogen-bond donors (Lipinski definition) is 1. The largest absolute Gasteiger partial charge is 0.371 e. The number of fused-ring (bicyclic) bond motifs is 1. The van der Waals surface area contributed by atoms with Crippen LogP contribution in [0.5, 0.6) is 0 Å². The van der Waals surface area contributed by atoms with E-state index in [0.717, 1.165) is 43.6 Å². The average Bonchev–Trinajstić information content (AvgIpc) is 2.87. The van der Waals surface area contributed by atoms with Gasteiger partial charge in [-0.2, -0.15) is 0 Å². The molecule has 2 N–H and O–H groups in total. The lowest BCUT2D eigenvalue weighted by molar-refractivity contribution is 0.187. The highest BCUT2D eigenvalue weighted by molar-refractivity contribution is 7.90. The van der Waals surface area contributed by atoms with Gasteiger partial charge in [0.05, 0.1) is 4.90 Å². The summed E-state index contributed by atoms with van der Waals surface area (Å²) in [5.74, 6) is 0. The molecule has 1 atom stereocenters. The predicted octanol–water partition coefficient (Wildman–Crippen LogP) is 3.88. The minimum atomic E-state index is -3.20. The molecule has 0 bridgehead atoms. The van der Waals surface area contributed by atoms with Crippen molar-refractivity contribution in [2.45, 2.75) is 44.6 Å². The molecule has 4 nitrogen and oxygen atoms in total. The number of piperidine rings is 1. The summed E-state index contributed by atoms with van der Waals surface area (Å²) in [6.07, 6.45) is 4.39. The Bertz CT molecular complexity index is 945. The van der Waals surface area contributed by atoms with Gasteiger partial charge in [0.15, 0.2) is 9.84 Å². The maximum Gasteiger partial charge on any atom is 0.175 e. The van der Waals surface area contributed by atoms with E-state index in [1.165, 1.54) is 17.4 Å². The Hall–Kier alpha value is -1.85. The third kappa shape index (κ3) is 3.50. The van der Waals surface area contributed by atoms with E-state index in [4.69, 9.17) is 5.73 Å². The molecule has 1 heterocycles. The molecule has 146 valence electrons. The Labute approximate surface area is 163 Å². The van der Waals surface area contributed by atoms with Crippen LogP contribution in [-0.2, 0) is 16.3 Å². The Kier molecular flexibility index (Phi) is 5.12. The summed E-state index contributed by atoms with van der Waals surface area (Å²) in [6.45, 7) is 3.77. The van der Waals surface area contributed by atoms with E-state index >= 15 is 0 Å². The molecule has 1 aliphatic heterocycles. The Morgan fingerprint density at radius 3 is 2.41 bits per heavy atom. The number of hydrogen-bond acceptors (Lipinski definition) is 4. The topological polar surface area (TPSA) is 63.4 Å². The number of nitrogens with two attached hydrogens (primary N) is 1. The number of anilines is 1. The van der Waals surface area contributed by atoms with Crippen LogP contribution < -0.4 is 10.6 Å². The van der Waals surface area contributed by atoms with Crippen LogP contribution in [0.2, 0.25) is 0 Å². The van der Waals surface area contributed by atoms with E-state index in [1.807, 2.05) is 13.0 Å². The summed E-state index contributed by atoms with van der Waals surface area (Å²) >= 11 is 0. The van der Waals surface area contributed by atoms with Crippen LogP contribution >= 0.6 is 0 Å². The molecule has 4 rings (SSSR count). The second kappa shape index (κ2) is 6.95. The first-order chi connectivity index (χ1) is 12.3. The fourth-order valence-electron chi connectivity index (χ4n) is 4.64. The maximum atomic E-state index is 12.0. The molecule has 1 saturated heterocycles. The molecule has 1 fully saturated rings. The standard InChI is InChI=1S/C21H26N2O2S.CH4/c1-15-11-17(13-18(12-15)26(2,24)25)23-9-7-21(8-10-23)14-16-5-3-4-6-19(16)20(21)22;/h3-6,11-13,20H,7-10,14,22H2,1-2H3;1H4/t20-;/m1./s1. The molecule has 27 heavy (non-hydrogen) atoms.